The molecule has 0 fully saturated rings. The summed E-state index contributed by atoms with van der Waals surface area (Å²) in [6.07, 6.45) is 0. The monoisotopic (exact) mass is 1420 g/mol. The number of rotatable bonds is 2. The van der Waals surface area contributed by atoms with Crippen LogP contribution in [-0.4, -0.2) is 5.48 Å². The van der Waals surface area contributed by atoms with Crippen molar-refractivity contribution in [3.8, 4) is 22.3 Å². The van der Waals surface area contributed by atoms with E-state index in [1.54, 1.807) is 0 Å². The number of benzene rings is 4. The maximum atomic E-state index is 3.64. The van der Waals surface area contributed by atoms with E-state index in [0.29, 0.717) is 0 Å². The molecule has 1 nitrogen and oxygen atoms in total. The summed E-state index contributed by atoms with van der Waals surface area (Å²) in [4.78, 5) is 0. The fraction of sp³-hybridized carbons (Fsp3) is 0. The molecule has 39 heavy (non-hydrogen) atoms. The fourth-order valence-electron chi connectivity index (χ4n) is 3.02. The van der Waals surface area contributed by atoms with Gasteiger partial charge in [-0.1, -0.05) is 12.1 Å². The second-order valence-corrected chi connectivity index (χ2v) is 18.5. The van der Waals surface area contributed by atoms with Gasteiger partial charge >= 0.3 is 0 Å². The Hall–Kier alpha value is 3.56. The van der Waals surface area contributed by atoms with Crippen molar-refractivity contribution < 1.29 is 5.48 Å². The number of hydrogen-bond acceptors (Lipinski definition) is 0. The molecule has 0 aliphatic carbocycles. The Morgan fingerprint density at radius 2 is 0.513 bits per heavy atom. The molecule has 0 aliphatic rings. The molecule has 0 heterocycles. The highest BCUT2D eigenvalue weighted by atomic mass is 79.9. The SMILES string of the molecule is Brc1ccc(-c2c(Br)c(Br)c(Br)c(Br)c2Br)cc1Br.Brc1ccc(-c2c(Br)c(Br)c(Br)c(Br)c2Br)cc1Br.O. The minimum absolute atomic E-state index is 0. The standard InChI is InChI=1S/2C12H3Br7.H2O/c2*13-5-2-1-4(3-6(5)14)7-8(15)10(17)12(19)11(18)9(7)16;/h2*1-3H;1H2. The second kappa shape index (κ2) is 16.9. The zero-order valence-corrected chi connectivity index (χ0v) is 40.5. The average Bonchev–Trinajstić information content (AvgIpc) is 2.88. The van der Waals surface area contributed by atoms with E-state index in [0.717, 1.165) is 84.9 Å². The Labute approximate surface area is 343 Å². The molecule has 0 atom stereocenters. The van der Waals surface area contributed by atoms with E-state index in [4.69, 9.17) is 0 Å². The van der Waals surface area contributed by atoms with Gasteiger partial charge in [0.1, 0.15) is 0 Å². The van der Waals surface area contributed by atoms with E-state index in [9.17, 15) is 0 Å². The Morgan fingerprint density at radius 1 is 0.282 bits per heavy atom. The van der Waals surface area contributed by atoms with Gasteiger partial charge in [0.15, 0.2) is 0 Å². The van der Waals surface area contributed by atoms with E-state index >= 15 is 0 Å². The van der Waals surface area contributed by atoms with Crippen molar-refractivity contribution in [2.24, 2.45) is 0 Å². The molecule has 208 valence electrons. The van der Waals surface area contributed by atoms with Gasteiger partial charge in [0.2, 0.25) is 0 Å². The lowest BCUT2D eigenvalue weighted by molar-refractivity contribution is 0.824. The molecule has 15 heteroatoms. The van der Waals surface area contributed by atoms with E-state index in [-0.39, 0.29) is 5.48 Å². The summed E-state index contributed by atoms with van der Waals surface area (Å²) < 4.78 is 13.8. The van der Waals surface area contributed by atoms with E-state index in [1.165, 1.54) is 0 Å². The van der Waals surface area contributed by atoms with Crippen LogP contribution in [0.3, 0.4) is 0 Å². The molecule has 4 rings (SSSR count). The fourth-order valence-corrected chi connectivity index (χ4v) is 11.3. The zero-order chi connectivity index (χ0) is 28.6. The third-order valence-corrected chi connectivity index (χ3v) is 20.8. The Balaban J connectivity index is 0.000000267. The third-order valence-electron chi connectivity index (χ3n) is 4.84. The molecule has 4 aromatic carbocycles. The molecule has 0 bridgehead atoms. The topological polar surface area (TPSA) is 31.5 Å². The van der Waals surface area contributed by atoms with Crippen LogP contribution in [0.5, 0.6) is 0 Å². The van der Waals surface area contributed by atoms with Crippen molar-refractivity contribution in [2.45, 2.75) is 0 Å². The quantitative estimate of drug-likeness (QED) is 0.142. The molecule has 0 saturated carbocycles. The van der Waals surface area contributed by atoms with Gasteiger partial charge in [0.25, 0.3) is 0 Å². The summed E-state index contributed by atoms with van der Waals surface area (Å²) in [5.74, 6) is 0. The van der Waals surface area contributed by atoms with Gasteiger partial charge in [0, 0.05) is 73.7 Å². The second-order valence-electron chi connectivity index (χ2n) is 7.15. The molecule has 2 N–H and O–H groups in total. The predicted molar refractivity (Wildman–Crippen MR) is 215 cm³/mol. The smallest absolute Gasteiger partial charge is 0.0482 e. The molecule has 0 saturated heterocycles. The third kappa shape index (κ3) is 8.88. The van der Waals surface area contributed by atoms with E-state index < -0.39 is 0 Å². The van der Waals surface area contributed by atoms with Gasteiger partial charge in [-0.05, 0) is 258 Å². The van der Waals surface area contributed by atoms with Crippen LogP contribution in [0.25, 0.3) is 22.3 Å². The average molecular weight is 1430 g/mol. The lowest BCUT2D eigenvalue weighted by Gasteiger charge is -2.14. The normalized spacial score (nSPS) is 10.6. The largest absolute Gasteiger partial charge is 0.412 e. The minimum Gasteiger partial charge on any atom is -0.412 e. The van der Waals surface area contributed by atoms with E-state index in [2.05, 4.69) is 247 Å². The van der Waals surface area contributed by atoms with Crippen LogP contribution in [0.15, 0.2) is 99.0 Å². The summed E-state index contributed by atoms with van der Waals surface area (Å²) in [5.41, 5.74) is 4.36. The molecule has 0 radical (unpaired) electrons. The van der Waals surface area contributed by atoms with Crippen LogP contribution in [-0.2, 0) is 0 Å². The van der Waals surface area contributed by atoms with Gasteiger partial charge in [-0.25, -0.2) is 0 Å². The first kappa shape index (κ1) is 38.7. The lowest BCUT2D eigenvalue weighted by Crippen LogP contribution is -1.88. The Bertz CT molecular complexity index is 1390. The Morgan fingerprint density at radius 3 is 0.744 bits per heavy atom. The summed E-state index contributed by atoms with van der Waals surface area (Å²) in [5, 5.41) is 0. The van der Waals surface area contributed by atoms with Crippen LogP contribution in [0, 0.1) is 0 Å². The van der Waals surface area contributed by atoms with Gasteiger partial charge in [-0.15, -0.1) is 0 Å². The molecule has 0 amide bonds. The number of hydrogen-bond donors (Lipinski definition) is 0. The zero-order valence-electron chi connectivity index (χ0n) is 18.3. The van der Waals surface area contributed by atoms with Crippen LogP contribution in [0.1, 0.15) is 0 Å². The number of halogens is 14. The van der Waals surface area contributed by atoms with E-state index in [1.807, 2.05) is 12.1 Å². The van der Waals surface area contributed by atoms with Crippen molar-refractivity contribution in [1.82, 2.24) is 0 Å². The summed E-state index contributed by atoms with van der Waals surface area (Å²) >= 11 is 50.0. The summed E-state index contributed by atoms with van der Waals surface area (Å²) in [6.45, 7) is 0. The van der Waals surface area contributed by atoms with Crippen molar-refractivity contribution >= 4 is 223 Å². The van der Waals surface area contributed by atoms with Crippen LogP contribution in [0.2, 0.25) is 0 Å². The predicted octanol–water partition coefficient (Wildman–Crippen LogP) is 16.6. The van der Waals surface area contributed by atoms with Gasteiger partial charge in [-0.2, -0.15) is 0 Å². The first-order chi connectivity index (χ1) is 17.7. The maximum absolute atomic E-state index is 3.64. The first-order valence-electron chi connectivity index (χ1n) is 9.62. The van der Waals surface area contributed by atoms with Gasteiger partial charge in [0.05, 0.1) is 0 Å². The van der Waals surface area contributed by atoms with Crippen molar-refractivity contribution in [3.63, 3.8) is 0 Å². The Kier molecular flexibility index (Phi) is 16.8. The van der Waals surface area contributed by atoms with Crippen molar-refractivity contribution in [3.05, 3.63) is 99.0 Å². The molecular weight excluding hydrogens is 1420 g/mol. The molecule has 0 spiro atoms. The van der Waals surface area contributed by atoms with Gasteiger partial charge < -0.3 is 5.48 Å². The first-order valence-corrected chi connectivity index (χ1v) is 20.7. The highest BCUT2D eigenvalue weighted by molar-refractivity contribution is 9.16. The molecular formula is C24H8Br14O. The lowest BCUT2D eigenvalue weighted by atomic mass is 10.1. The minimum atomic E-state index is 0. The maximum Gasteiger partial charge on any atom is 0.0482 e. The van der Waals surface area contributed by atoms with Crippen LogP contribution in [0.4, 0.5) is 0 Å². The summed E-state index contributed by atoms with van der Waals surface area (Å²) in [6, 6.07) is 12.3. The molecule has 0 unspecified atom stereocenters. The highest BCUT2D eigenvalue weighted by Gasteiger charge is 2.20. The van der Waals surface area contributed by atoms with Gasteiger partial charge in [-0.3, -0.25) is 0 Å². The highest BCUT2D eigenvalue weighted by Crippen LogP contribution is 2.50. The van der Waals surface area contributed by atoms with Crippen LogP contribution >= 0.6 is 223 Å². The van der Waals surface area contributed by atoms with Crippen LogP contribution < -0.4 is 0 Å². The molecule has 0 aliphatic heterocycles. The molecule has 0 aromatic heterocycles. The molecule has 4 aromatic rings. The van der Waals surface area contributed by atoms with Crippen molar-refractivity contribution in [1.29, 1.82) is 0 Å². The van der Waals surface area contributed by atoms with Crippen molar-refractivity contribution in [2.75, 3.05) is 0 Å². The summed E-state index contributed by atoms with van der Waals surface area (Å²) in [7, 11) is 0.